The van der Waals surface area contributed by atoms with Crippen LogP contribution in [0.3, 0.4) is 0 Å². The molecule has 0 radical (unpaired) electrons. The summed E-state index contributed by atoms with van der Waals surface area (Å²) in [5.74, 6) is -0.0909. The number of hydrogen-bond acceptors (Lipinski definition) is 3. The van der Waals surface area contributed by atoms with Gasteiger partial charge in [-0.15, -0.1) is 0 Å². The van der Waals surface area contributed by atoms with Crippen molar-refractivity contribution < 1.29 is 9.63 Å². The van der Waals surface area contributed by atoms with Gasteiger partial charge in [0.2, 0.25) is 0 Å². The lowest BCUT2D eigenvalue weighted by atomic mass is 10.0. The second kappa shape index (κ2) is 4.35. The Labute approximate surface area is 94.5 Å². The van der Waals surface area contributed by atoms with Crippen molar-refractivity contribution in [3.63, 3.8) is 0 Å². The van der Waals surface area contributed by atoms with Crippen LogP contribution in [0.15, 0.2) is 29.4 Å². The van der Waals surface area contributed by atoms with Gasteiger partial charge in [-0.2, -0.15) is 0 Å². The first-order chi connectivity index (χ1) is 7.74. The van der Waals surface area contributed by atoms with Crippen molar-refractivity contribution in [1.82, 2.24) is 4.90 Å². The van der Waals surface area contributed by atoms with Crippen molar-refractivity contribution in [2.45, 2.75) is 6.42 Å². The summed E-state index contributed by atoms with van der Waals surface area (Å²) in [5.41, 5.74) is 2.40. The second-order valence-electron chi connectivity index (χ2n) is 3.76. The van der Waals surface area contributed by atoms with Gasteiger partial charge >= 0.3 is 0 Å². The number of amides is 1. The zero-order valence-electron chi connectivity index (χ0n) is 9.43. The largest absolute Gasteiger partial charge is 0.398 e. The van der Waals surface area contributed by atoms with Crippen LogP contribution in [0, 0.1) is 0 Å². The van der Waals surface area contributed by atoms with Gasteiger partial charge < -0.3 is 9.74 Å². The molecule has 0 fully saturated rings. The summed E-state index contributed by atoms with van der Waals surface area (Å²) in [6, 6.07) is 7.80. The average Bonchev–Trinajstić information content (AvgIpc) is 2.42. The molecular formula is C12H14N2O2. The lowest BCUT2D eigenvalue weighted by Gasteiger charge is -2.13. The highest BCUT2D eigenvalue weighted by Crippen LogP contribution is 2.16. The maximum absolute atomic E-state index is 12.0. The normalized spacial score (nSPS) is 18.2. The van der Waals surface area contributed by atoms with E-state index >= 15 is 0 Å². The molecule has 0 unspecified atom stereocenters. The predicted molar refractivity (Wildman–Crippen MR) is 61.3 cm³/mol. The van der Waals surface area contributed by atoms with Crippen LogP contribution in [0.5, 0.6) is 0 Å². The summed E-state index contributed by atoms with van der Waals surface area (Å²) in [7, 11) is 3.23. The fourth-order valence-electron chi connectivity index (χ4n) is 1.83. The number of carbonyl (C=O) groups is 1. The number of rotatable bonds is 1. The van der Waals surface area contributed by atoms with E-state index in [9.17, 15) is 4.79 Å². The maximum Gasteiger partial charge on any atom is 0.276 e. The molecule has 1 amide bonds. The number of fused-ring (bicyclic) bond motifs is 1. The number of oxime groups is 1. The zero-order chi connectivity index (χ0) is 11.5. The summed E-state index contributed by atoms with van der Waals surface area (Å²) in [6.07, 6.45) is 0.848. The molecule has 0 bridgehead atoms. The highest BCUT2D eigenvalue weighted by Gasteiger charge is 2.25. The summed E-state index contributed by atoms with van der Waals surface area (Å²) < 4.78 is 0. The Kier molecular flexibility index (Phi) is 2.90. The number of benzene rings is 1. The van der Waals surface area contributed by atoms with Crippen LogP contribution in [0.25, 0.3) is 0 Å². The van der Waals surface area contributed by atoms with Gasteiger partial charge in [-0.05, 0) is 12.0 Å². The van der Waals surface area contributed by atoms with E-state index in [1.54, 1.807) is 11.9 Å². The molecule has 4 nitrogen and oxygen atoms in total. The zero-order valence-corrected chi connectivity index (χ0v) is 9.43. The summed E-state index contributed by atoms with van der Waals surface area (Å²) in [4.78, 5) is 18.4. The number of nitrogens with zero attached hydrogens (tertiary/aromatic N) is 2. The van der Waals surface area contributed by atoms with Gasteiger partial charge in [0.25, 0.3) is 5.91 Å². The third kappa shape index (κ3) is 1.78. The summed E-state index contributed by atoms with van der Waals surface area (Å²) in [6.45, 7) is 0.707. The van der Waals surface area contributed by atoms with E-state index in [0.717, 1.165) is 17.5 Å². The number of carbonyl (C=O) groups excluding carboxylic acids is 1. The van der Waals surface area contributed by atoms with Crippen LogP contribution >= 0.6 is 0 Å². The van der Waals surface area contributed by atoms with Gasteiger partial charge in [-0.1, -0.05) is 29.4 Å². The third-order valence-electron chi connectivity index (χ3n) is 2.72. The van der Waals surface area contributed by atoms with Crippen LogP contribution in [-0.4, -0.2) is 37.2 Å². The molecule has 0 atom stereocenters. The Morgan fingerprint density at radius 3 is 2.88 bits per heavy atom. The van der Waals surface area contributed by atoms with Gasteiger partial charge in [-0.3, -0.25) is 4.79 Å². The predicted octanol–water partition coefficient (Wildman–Crippen LogP) is 1.05. The van der Waals surface area contributed by atoms with Gasteiger partial charge in [0, 0.05) is 19.2 Å². The summed E-state index contributed by atoms with van der Waals surface area (Å²) in [5, 5.41) is 3.84. The molecule has 84 valence electrons. The van der Waals surface area contributed by atoms with E-state index in [2.05, 4.69) is 5.16 Å². The monoisotopic (exact) mass is 218 g/mol. The first kappa shape index (κ1) is 10.7. The average molecular weight is 218 g/mol. The smallest absolute Gasteiger partial charge is 0.276 e. The summed E-state index contributed by atoms with van der Waals surface area (Å²) >= 11 is 0. The molecule has 0 saturated carbocycles. The highest BCUT2D eigenvalue weighted by atomic mass is 16.6. The molecule has 1 aliphatic rings. The molecule has 0 saturated heterocycles. The van der Waals surface area contributed by atoms with E-state index in [-0.39, 0.29) is 5.91 Å². The molecule has 1 aromatic carbocycles. The van der Waals surface area contributed by atoms with E-state index in [1.165, 1.54) is 7.11 Å². The van der Waals surface area contributed by atoms with Crippen molar-refractivity contribution in [3.05, 3.63) is 35.4 Å². The molecule has 1 aliphatic heterocycles. The molecule has 0 N–H and O–H groups in total. The molecule has 0 spiro atoms. The minimum absolute atomic E-state index is 0.0909. The van der Waals surface area contributed by atoms with Gasteiger partial charge in [0.1, 0.15) is 7.11 Å². The van der Waals surface area contributed by atoms with Crippen LogP contribution in [0.1, 0.15) is 11.1 Å². The Morgan fingerprint density at radius 2 is 2.12 bits per heavy atom. The van der Waals surface area contributed by atoms with E-state index in [1.807, 2.05) is 24.3 Å². The van der Waals surface area contributed by atoms with Crippen molar-refractivity contribution in [1.29, 1.82) is 0 Å². The van der Waals surface area contributed by atoms with Crippen molar-refractivity contribution in [3.8, 4) is 0 Å². The molecule has 16 heavy (non-hydrogen) atoms. The quantitative estimate of drug-likeness (QED) is 0.661. The number of likely N-dealkylation sites (N-methyl/N-ethyl adjacent to an activating group) is 1. The lowest BCUT2D eigenvalue weighted by molar-refractivity contribution is -0.122. The second-order valence-corrected chi connectivity index (χ2v) is 3.76. The highest BCUT2D eigenvalue weighted by molar-refractivity contribution is 6.45. The molecule has 4 heteroatoms. The molecule has 2 rings (SSSR count). The fraction of sp³-hybridized carbons (Fsp3) is 0.333. The van der Waals surface area contributed by atoms with E-state index in [0.29, 0.717) is 12.3 Å². The molecule has 1 heterocycles. The Hall–Kier alpha value is -1.84. The standard InChI is InChI=1S/C12H14N2O2/c1-14-8-7-9-5-3-4-6-10(9)11(12(14)15)13-16-2/h3-6H,7-8H2,1-2H3/b13-11+. The van der Waals surface area contributed by atoms with Crippen LogP contribution < -0.4 is 0 Å². The van der Waals surface area contributed by atoms with Gasteiger partial charge in [0.05, 0.1) is 0 Å². The SMILES string of the molecule is CO/N=C1/C(=O)N(C)CCc2ccccc21. The van der Waals surface area contributed by atoms with Crippen LogP contribution in [0.4, 0.5) is 0 Å². The maximum atomic E-state index is 12.0. The minimum Gasteiger partial charge on any atom is -0.398 e. The van der Waals surface area contributed by atoms with Crippen molar-refractivity contribution >= 4 is 11.6 Å². The molecule has 1 aromatic rings. The van der Waals surface area contributed by atoms with Crippen molar-refractivity contribution in [2.75, 3.05) is 20.7 Å². The minimum atomic E-state index is -0.0909. The van der Waals surface area contributed by atoms with Gasteiger partial charge in [-0.25, -0.2) is 0 Å². The number of hydrogen-bond donors (Lipinski definition) is 0. The first-order valence-corrected chi connectivity index (χ1v) is 5.19. The lowest BCUT2D eigenvalue weighted by Crippen LogP contribution is -2.32. The third-order valence-corrected chi connectivity index (χ3v) is 2.72. The molecular weight excluding hydrogens is 204 g/mol. The molecule has 0 aromatic heterocycles. The Balaban J connectivity index is 2.54. The van der Waals surface area contributed by atoms with E-state index < -0.39 is 0 Å². The Morgan fingerprint density at radius 1 is 1.38 bits per heavy atom. The molecule has 0 aliphatic carbocycles. The first-order valence-electron chi connectivity index (χ1n) is 5.19. The van der Waals surface area contributed by atoms with Gasteiger partial charge in [0.15, 0.2) is 5.71 Å². The topological polar surface area (TPSA) is 41.9 Å². The van der Waals surface area contributed by atoms with Crippen LogP contribution in [-0.2, 0) is 16.1 Å². The van der Waals surface area contributed by atoms with Crippen LogP contribution in [0.2, 0.25) is 0 Å². The Bertz CT molecular complexity index is 440. The van der Waals surface area contributed by atoms with Crippen molar-refractivity contribution in [2.24, 2.45) is 5.16 Å². The van der Waals surface area contributed by atoms with E-state index in [4.69, 9.17) is 4.84 Å². The fourth-order valence-corrected chi connectivity index (χ4v) is 1.83.